The van der Waals surface area contributed by atoms with Gasteiger partial charge in [0.1, 0.15) is 9.34 Å². The monoisotopic (exact) mass is 233 g/mol. The van der Waals surface area contributed by atoms with Crippen molar-refractivity contribution < 1.29 is 0 Å². The summed E-state index contributed by atoms with van der Waals surface area (Å²) >= 11 is 7.31. The van der Waals surface area contributed by atoms with Gasteiger partial charge in [-0.1, -0.05) is 11.6 Å². The van der Waals surface area contributed by atoms with Crippen molar-refractivity contribution in [1.29, 1.82) is 0 Å². The molecule has 0 saturated heterocycles. The van der Waals surface area contributed by atoms with Crippen LogP contribution in [0.25, 0.3) is 0 Å². The molecule has 1 atom stereocenters. The third-order valence-corrected chi connectivity index (χ3v) is 2.88. The average molecular weight is 234 g/mol. The number of aromatic nitrogens is 1. The van der Waals surface area contributed by atoms with E-state index in [1.54, 1.807) is 6.20 Å². The van der Waals surface area contributed by atoms with E-state index in [0.717, 1.165) is 22.4 Å². The number of hydrogen-bond acceptors (Lipinski definition) is 4. The number of halogens is 1. The van der Waals surface area contributed by atoms with Gasteiger partial charge in [0.15, 0.2) is 0 Å². The fraction of sp³-hybridized carbons (Fsp3) is 0.667. The van der Waals surface area contributed by atoms with Crippen LogP contribution in [-0.4, -0.2) is 36.6 Å². The molecule has 0 aliphatic carbocycles. The van der Waals surface area contributed by atoms with E-state index >= 15 is 0 Å². The SMILES string of the molecule is CC(CN(C)C)NCc1ncc(Cl)s1. The highest BCUT2D eigenvalue weighted by atomic mass is 35.5. The molecule has 80 valence electrons. The van der Waals surface area contributed by atoms with E-state index in [4.69, 9.17) is 11.6 Å². The van der Waals surface area contributed by atoms with Crippen LogP contribution >= 0.6 is 22.9 Å². The summed E-state index contributed by atoms with van der Waals surface area (Å²) in [6.07, 6.45) is 1.69. The fourth-order valence-corrected chi connectivity index (χ4v) is 2.15. The summed E-state index contributed by atoms with van der Waals surface area (Å²) in [7, 11) is 4.14. The van der Waals surface area contributed by atoms with Crippen LogP contribution in [0.5, 0.6) is 0 Å². The van der Waals surface area contributed by atoms with Crippen LogP contribution in [0.2, 0.25) is 4.34 Å². The zero-order valence-corrected chi connectivity index (χ0v) is 10.3. The summed E-state index contributed by atoms with van der Waals surface area (Å²) in [6, 6.07) is 0.465. The molecule has 14 heavy (non-hydrogen) atoms. The van der Waals surface area contributed by atoms with Crippen LogP contribution in [0.1, 0.15) is 11.9 Å². The first-order valence-electron chi connectivity index (χ1n) is 4.56. The van der Waals surface area contributed by atoms with Crippen molar-refractivity contribution in [3.63, 3.8) is 0 Å². The van der Waals surface area contributed by atoms with Gasteiger partial charge >= 0.3 is 0 Å². The number of likely N-dealkylation sites (N-methyl/N-ethyl adjacent to an activating group) is 1. The van der Waals surface area contributed by atoms with Crippen molar-refractivity contribution in [2.24, 2.45) is 0 Å². The maximum Gasteiger partial charge on any atom is 0.113 e. The number of rotatable bonds is 5. The Morgan fingerprint density at radius 2 is 2.36 bits per heavy atom. The number of nitrogens with zero attached hydrogens (tertiary/aromatic N) is 2. The largest absolute Gasteiger partial charge is 0.308 e. The first-order chi connectivity index (χ1) is 6.58. The van der Waals surface area contributed by atoms with Gasteiger partial charge in [0.2, 0.25) is 0 Å². The first kappa shape index (κ1) is 11.9. The second kappa shape index (κ2) is 5.66. The molecule has 5 heteroatoms. The number of thiazole rings is 1. The molecule has 1 N–H and O–H groups in total. The van der Waals surface area contributed by atoms with Gasteiger partial charge in [-0.05, 0) is 21.0 Å². The van der Waals surface area contributed by atoms with E-state index in [9.17, 15) is 0 Å². The molecule has 0 bridgehead atoms. The normalized spacial score (nSPS) is 13.5. The second-order valence-corrected chi connectivity index (χ2v) is 5.35. The Bertz CT molecular complexity index is 275. The highest BCUT2D eigenvalue weighted by Crippen LogP contribution is 2.17. The maximum absolute atomic E-state index is 5.78. The van der Waals surface area contributed by atoms with Crippen LogP contribution in [0.15, 0.2) is 6.20 Å². The quantitative estimate of drug-likeness (QED) is 0.841. The van der Waals surface area contributed by atoms with Crippen molar-refractivity contribution in [2.75, 3.05) is 20.6 Å². The minimum atomic E-state index is 0.465. The average Bonchev–Trinajstić information content (AvgIpc) is 2.47. The van der Waals surface area contributed by atoms with Crippen LogP contribution in [0, 0.1) is 0 Å². The number of hydrogen-bond donors (Lipinski definition) is 1. The van der Waals surface area contributed by atoms with Crippen LogP contribution in [0.3, 0.4) is 0 Å². The van der Waals surface area contributed by atoms with E-state index in [-0.39, 0.29) is 0 Å². The molecule has 1 aromatic heterocycles. The van der Waals surface area contributed by atoms with Crippen LogP contribution in [-0.2, 0) is 6.54 Å². The third-order valence-electron chi connectivity index (χ3n) is 1.77. The molecule has 0 radical (unpaired) electrons. The Hall–Kier alpha value is -0.160. The Morgan fingerprint density at radius 1 is 1.64 bits per heavy atom. The van der Waals surface area contributed by atoms with E-state index in [1.807, 2.05) is 0 Å². The van der Waals surface area contributed by atoms with E-state index in [2.05, 4.69) is 36.2 Å². The Balaban J connectivity index is 2.26. The maximum atomic E-state index is 5.78. The molecule has 0 spiro atoms. The molecule has 0 aliphatic heterocycles. The topological polar surface area (TPSA) is 28.2 Å². The van der Waals surface area contributed by atoms with Gasteiger partial charge in [-0.3, -0.25) is 0 Å². The molecule has 1 heterocycles. The van der Waals surface area contributed by atoms with Gasteiger partial charge < -0.3 is 10.2 Å². The van der Waals surface area contributed by atoms with Crippen molar-refractivity contribution >= 4 is 22.9 Å². The van der Waals surface area contributed by atoms with E-state index in [0.29, 0.717) is 6.04 Å². The minimum Gasteiger partial charge on any atom is -0.308 e. The lowest BCUT2D eigenvalue weighted by Gasteiger charge is -2.17. The van der Waals surface area contributed by atoms with Crippen molar-refractivity contribution in [1.82, 2.24) is 15.2 Å². The highest BCUT2D eigenvalue weighted by molar-refractivity contribution is 7.15. The Kier molecular flexibility index (Phi) is 4.81. The molecule has 3 nitrogen and oxygen atoms in total. The highest BCUT2D eigenvalue weighted by Gasteiger charge is 2.04. The third kappa shape index (κ3) is 4.37. The molecule has 0 amide bonds. The van der Waals surface area contributed by atoms with E-state index in [1.165, 1.54) is 11.3 Å². The molecule has 0 fully saturated rings. The predicted molar refractivity (Wildman–Crippen MR) is 62.0 cm³/mol. The molecular formula is C9H16ClN3S. The lowest BCUT2D eigenvalue weighted by molar-refractivity contribution is 0.349. The molecule has 1 rings (SSSR count). The van der Waals surface area contributed by atoms with Crippen LogP contribution < -0.4 is 5.32 Å². The summed E-state index contributed by atoms with van der Waals surface area (Å²) in [5, 5.41) is 4.43. The molecule has 1 aromatic rings. The van der Waals surface area contributed by atoms with Gasteiger partial charge in [-0.15, -0.1) is 11.3 Å². The molecular weight excluding hydrogens is 218 g/mol. The van der Waals surface area contributed by atoms with Crippen molar-refractivity contribution in [2.45, 2.75) is 19.5 Å². The van der Waals surface area contributed by atoms with Gasteiger partial charge in [-0.25, -0.2) is 4.98 Å². The fourth-order valence-electron chi connectivity index (χ4n) is 1.24. The summed E-state index contributed by atoms with van der Waals surface area (Å²) in [5.74, 6) is 0. The molecule has 1 unspecified atom stereocenters. The summed E-state index contributed by atoms with van der Waals surface area (Å²) in [4.78, 5) is 6.34. The zero-order chi connectivity index (χ0) is 10.6. The minimum absolute atomic E-state index is 0.465. The van der Waals surface area contributed by atoms with Gasteiger partial charge in [0, 0.05) is 19.1 Å². The van der Waals surface area contributed by atoms with Gasteiger partial charge in [0.25, 0.3) is 0 Å². The number of nitrogens with one attached hydrogen (secondary N) is 1. The Labute approximate surface area is 94.1 Å². The van der Waals surface area contributed by atoms with Crippen LogP contribution in [0.4, 0.5) is 0 Å². The molecule has 0 aromatic carbocycles. The van der Waals surface area contributed by atoms with Gasteiger partial charge in [-0.2, -0.15) is 0 Å². The molecule has 0 aliphatic rings. The first-order valence-corrected chi connectivity index (χ1v) is 5.75. The van der Waals surface area contributed by atoms with Crippen molar-refractivity contribution in [3.8, 4) is 0 Å². The van der Waals surface area contributed by atoms with Crippen molar-refractivity contribution in [3.05, 3.63) is 15.5 Å². The summed E-state index contributed by atoms with van der Waals surface area (Å²) in [6.45, 7) is 3.99. The summed E-state index contributed by atoms with van der Waals surface area (Å²) in [5.41, 5.74) is 0. The predicted octanol–water partition coefficient (Wildman–Crippen LogP) is 1.84. The second-order valence-electron chi connectivity index (χ2n) is 3.60. The zero-order valence-electron chi connectivity index (χ0n) is 8.75. The smallest absolute Gasteiger partial charge is 0.113 e. The van der Waals surface area contributed by atoms with E-state index < -0.39 is 0 Å². The summed E-state index contributed by atoms with van der Waals surface area (Å²) < 4.78 is 0.752. The molecule has 0 saturated carbocycles. The Morgan fingerprint density at radius 3 is 2.86 bits per heavy atom. The standard InChI is InChI=1S/C9H16ClN3S/c1-7(6-13(2)3)11-5-9-12-4-8(10)14-9/h4,7,11H,5-6H2,1-3H3. The lowest BCUT2D eigenvalue weighted by Crippen LogP contribution is -2.35. The lowest BCUT2D eigenvalue weighted by atomic mass is 10.3. The van der Waals surface area contributed by atoms with Gasteiger partial charge in [0.05, 0.1) is 6.20 Å².